The molecule has 0 radical (unpaired) electrons. The zero-order valence-electron chi connectivity index (χ0n) is 9.90. The number of nitrogens with zero attached hydrogens (tertiary/aromatic N) is 1. The van der Waals surface area contributed by atoms with Gasteiger partial charge in [-0.1, -0.05) is 12.1 Å². The van der Waals surface area contributed by atoms with Crippen LogP contribution in [0.2, 0.25) is 0 Å². The molecule has 0 bridgehead atoms. The van der Waals surface area contributed by atoms with Crippen LogP contribution in [0.4, 0.5) is 8.78 Å². The van der Waals surface area contributed by atoms with Gasteiger partial charge in [-0.3, -0.25) is 4.79 Å². The van der Waals surface area contributed by atoms with Crippen LogP contribution in [0.25, 0.3) is 0 Å². The zero-order chi connectivity index (χ0) is 13.1. The van der Waals surface area contributed by atoms with E-state index in [2.05, 4.69) is 0 Å². The number of aliphatic hydroxyl groups excluding tert-OH is 1. The van der Waals surface area contributed by atoms with Crippen molar-refractivity contribution in [2.75, 3.05) is 19.7 Å². The normalized spacial score (nSPS) is 19.3. The van der Waals surface area contributed by atoms with E-state index >= 15 is 0 Å². The first-order chi connectivity index (χ1) is 8.61. The van der Waals surface area contributed by atoms with Crippen LogP contribution in [0, 0.1) is 17.6 Å². The van der Waals surface area contributed by atoms with E-state index in [4.69, 9.17) is 5.11 Å². The van der Waals surface area contributed by atoms with E-state index < -0.39 is 11.6 Å². The highest BCUT2D eigenvalue weighted by Crippen LogP contribution is 2.18. The Balaban J connectivity index is 2.01. The Morgan fingerprint density at radius 2 is 2.22 bits per heavy atom. The van der Waals surface area contributed by atoms with Crippen molar-refractivity contribution in [3.63, 3.8) is 0 Å². The van der Waals surface area contributed by atoms with E-state index in [9.17, 15) is 13.6 Å². The first-order valence-electron chi connectivity index (χ1n) is 5.93. The van der Waals surface area contributed by atoms with E-state index in [-0.39, 0.29) is 30.4 Å². The fraction of sp³-hybridized carbons (Fsp3) is 0.462. The number of likely N-dealkylation sites (tertiary alicyclic amines) is 1. The monoisotopic (exact) mass is 255 g/mol. The number of hydrogen-bond acceptors (Lipinski definition) is 2. The van der Waals surface area contributed by atoms with E-state index in [1.54, 1.807) is 4.90 Å². The largest absolute Gasteiger partial charge is 0.396 e. The van der Waals surface area contributed by atoms with E-state index in [1.165, 1.54) is 12.1 Å². The second-order valence-corrected chi connectivity index (χ2v) is 4.57. The van der Waals surface area contributed by atoms with Crippen molar-refractivity contribution in [2.24, 2.45) is 5.92 Å². The van der Waals surface area contributed by atoms with Crippen LogP contribution in [0.5, 0.6) is 0 Å². The number of aliphatic hydroxyl groups is 1. The lowest BCUT2D eigenvalue weighted by molar-refractivity contribution is -0.129. The van der Waals surface area contributed by atoms with Gasteiger partial charge in [0.25, 0.3) is 0 Å². The molecule has 1 aromatic carbocycles. The highest BCUT2D eigenvalue weighted by atomic mass is 19.2. The van der Waals surface area contributed by atoms with Gasteiger partial charge in [0.05, 0.1) is 6.42 Å². The Hall–Kier alpha value is -1.49. The molecular formula is C13H15F2NO2. The lowest BCUT2D eigenvalue weighted by atomic mass is 10.1. The average Bonchev–Trinajstić information content (AvgIpc) is 2.83. The molecule has 1 N–H and O–H groups in total. The van der Waals surface area contributed by atoms with Crippen LogP contribution < -0.4 is 0 Å². The van der Waals surface area contributed by atoms with Gasteiger partial charge in [0.1, 0.15) is 0 Å². The van der Waals surface area contributed by atoms with E-state index in [1.807, 2.05) is 0 Å². The Morgan fingerprint density at radius 3 is 2.89 bits per heavy atom. The molecule has 0 aliphatic carbocycles. The maximum atomic E-state index is 13.4. The molecule has 1 fully saturated rings. The van der Waals surface area contributed by atoms with Gasteiger partial charge in [-0.2, -0.15) is 0 Å². The predicted octanol–water partition coefficient (Wildman–Crippen LogP) is 1.35. The van der Waals surface area contributed by atoms with Gasteiger partial charge in [-0.05, 0) is 12.5 Å². The Morgan fingerprint density at radius 1 is 1.44 bits per heavy atom. The Bertz CT molecular complexity index is 451. The van der Waals surface area contributed by atoms with Crippen molar-refractivity contribution in [1.29, 1.82) is 0 Å². The minimum atomic E-state index is -0.955. The molecular weight excluding hydrogens is 240 g/mol. The second kappa shape index (κ2) is 5.44. The molecule has 1 unspecified atom stereocenters. The van der Waals surface area contributed by atoms with Gasteiger partial charge >= 0.3 is 0 Å². The van der Waals surface area contributed by atoms with Crippen molar-refractivity contribution >= 4 is 5.91 Å². The summed E-state index contributed by atoms with van der Waals surface area (Å²) in [6.45, 7) is 1.12. The molecule has 1 aliphatic heterocycles. The molecule has 5 heteroatoms. The topological polar surface area (TPSA) is 40.5 Å². The van der Waals surface area contributed by atoms with Gasteiger partial charge < -0.3 is 10.0 Å². The SMILES string of the molecule is O=C(Cc1cccc(F)c1F)N1CCC(CO)C1. The molecule has 2 rings (SSSR count). The van der Waals surface area contributed by atoms with E-state index in [0.29, 0.717) is 13.1 Å². The summed E-state index contributed by atoms with van der Waals surface area (Å²) in [7, 11) is 0. The fourth-order valence-electron chi connectivity index (χ4n) is 2.17. The maximum Gasteiger partial charge on any atom is 0.227 e. The van der Waals surface area contributed by atoms with Gasteiger partial charge in [0.15, 0.2) is 11.6 Å². The predicted molar refractivity (Wildman–Crippen MR) is 61.8 cm³/mol. The summed E-state index contributed by atoms with van der Waals surface area (Å²) in [4.78, 5) is 13.5. The third-order valence-electron chi connectivity index (χ3n) is 3.27. The van der Waals surface area contributed by atoms with Gasteiger partial charge in [0.2, 0.25) is 5.91 Å². The smallest absolute Gasteiger partial charge is 0.227 e. The highest BCUT2D eigenvalue weighted by molar-refractivity contribution is 5.79. The van der Waals surface area contributed by atoms with Crippen LogP contribution in [0.1, 0.15) is 12.0 Å². The number of amides is 1. The molecule has 1 aliphatic rings. The summed E-state index contributed by atoms with van der Waals surface area (Å²) in [5, 5.41) is 8.99. The number of halogens is 2. The lowest BCUT2D eigenvalue weighted by Gasteiger charge is -2.16. The molecule has 18 heavy (non-hydrogen) atoms. The number of benzene rings is 1. The van der Waals surface area contributed by atoms with Crippen molar-refractivity contribution in [3.05, 3.63) is 35.4 Å². The average molecular weight is 255 g/mol. The summed E-state index contributed by atoms with van der Waals surface area (Å²) >= 11 is 0. The molecule has 1 aromatic rings. The third kappa shape index (κ3) is 2.67. The quantitative estimate of drug-likeness (QED) is 0.885. The molecule has 1 atom stereocenters. The third-order valence-corrected chi connectivity index (χ3v) is 3.27. The summed E-state index contributed by atoms with van der Waals surface area (Å²) in [5.41, 5.74) is 0.0763. The second-order valence-electron chi connectivity index (χ2n) is 4.57. The van der Waals surface area contributed by atoms with Crippen LogP contribution in [-0.4, -0.2) is 35.6 Å². The molecule has 98 valence electrons. The molecule has 0 spiro atoms. The minimum Gasteiger partial charge on any atom is -0.396 e. The number of rotatable bonds is 3. The van der Waals surface area contributed by atoms with Crippen molar-refractivity contribution < 1.29 is 18.7 Å². The Labute approximate surface area is 104 Å². The van der Waals surface area contributed by atoms with Crippen molar-refractivity contribution in [1.82, 2.24) is 4.90 Å². The molecule has 0 saturated carbocycles. The molecule has 1 saturated heterocycles. The van der Waals surface area contributed by atoms with Gasteiger partial charge in [-0.15, -0.1) is 0 Å². The van der Waals surface area contributed by atoms with Gasteiger partial charge in [-0.25, -0.2) is 8.78 Å². The highest BCUT2D eigenvalue weighted by Gasteiger charge is 2.26. The summed E-state index contributed by atoms with van der Waals surface area (Å²) in [6, 6.07) is 3.83. The summed E-state index contributed by atoms with van der Waals surface area (Å²) in [6.07, 6.45) is 0.621. The lowest BCUT2D eigenvalue weighted by Crippen LogP contribution is -2.30. The Kier molecular flexibility index (Phi) is 3.91. The van der Waals surface area contributed by atoms with Crippen LogP contribution >= 0.6 is 0 Å². The number of hydrogen-bond donors (Lipinski definition) is 1. The van der Waals surface area contributed by atoms with Crippen molar-refractivity contribution in [2.45, 2.75) is 12.8 Å². The summed E-state index contributed by atoms with van der Waals surface area (Å²) < 4.78 is 26.4. The summed E-state index contributed by atoms with van der Waals surface area (Å²) in [5.74, 6) is -2.01. The zero-order valence-corrected chi connectivity index (χ0v) is 9.90. The number of carbonyl (C=O) groups is 1. The standard InChI is InChI=1S/C13H15F2NO2/c14-11-3-1-2-10(13(11)15)6-12(18)16-5-4-9(7-16)8-17/h1-3,9,17H,4-8H2. The number of carbonyl (C=O) groups excluding carboxylic acids is 1. The molecule has 1 heterocycles. The van der Waals surface area contributed by atoms with E-state index in [0.717, 1.165) is 12.5 Å². The first-order valence-corrected chi connectivity index (χ1v) is 5.93. The van der Waals surface area contributed by atoms with Crippen LogP contribution in [0.3, 0.4) is 0 Å². The van der Waals surface area contributed by atoms with Crippen molar-refractivity contribution in [3.8, 4) is 0 Å². The minimum absolute atomic E-state index is 0.0537. The molecule has 1 amide bonds. The fourth-order valence-corrected chi connectivity index (χ4v) is 2.17. The van der Waals surface area contributed by atoms with Crippen LogP contribution in [0.15, 0.2) is 18.2 Å². The maximum absolute atomic E-state index is 13.4. The van der Waals surface area contributed by atoms with Crippen LogP contribution in [-0.2, 0) is 11.2 Å². The molecule has 3 nitrogen and oxygen atoms in total. The molecule has 0 aromatic heterocycles. The van der Waals surface area contributed by atoms with Gasteiger partial charge in [0, 0.05) is 31.2 Å². The first kappa shape index (κ1) is 13.0.